The molecule has 31 heavy (non-hydrogen) atoms. The summed E-state index contributed by atoms with van der Waals surface area (Å²) in [4.78, 5) is 38.4. The van der Waals surface area contributed by atoms with Crippen molar-refractivity contribution in [2.75, 3.05) is 0 Å². The van der Waals surface area contributed by atoms with Crippen LogP contribution in [0.1, 0.15) is 21.6 Å². The standard InChI is InChI=1S/C23H21ClN4O3/c1-26-21-17(22(30)27(2)23(26)31)12-19(28(21)14-15-8-4-3-5-9-15)20(29)25-13-16-10-6-7-11-18(16)24/h3-12H,13-14H2,1-2H3,(H,25,29). The van der Waals surface area contributed by atoms with Gasteiger partial charge in [-0.3, -0.25) is 18.7 Å². The predicted octanol–water partition coefficient (Wildman–Crippen LogP) is 2.67. The second-order valence-corrected chi connectivity index (χ2v) is 7.73. The van der Waals surface area contributed by atoms with Crippen LogP contribution in [0.3, 0.4) is 0 Å². The number of nitrogens with zero attached hydrogens (tertiary/aromatic N) is 3. The van der Waals surface area contributed by atoms with Gasteiger partial charge in [0, 0.05) is 32.2 Å². The monoisotopic (exact) mass is 436 g/mol. The first-order valence-corrected chi connectivity index (χ1v) is 10.1. The Labute approximate surface area is 183 Å². The predicted molar refractivity (Wildman–Crippen MR) is 121 cm³/mol. The summed E-state index contributed by atoms with van der Waals surface area (Å²) in [6, 6.07) is 18.4. The Hall–Kier alpha value is -3.58. The van der Waals surface area contributed by atoms with Crippen LogP contribution in [0.15, 0.2) is 70.3 Å². The van der Waals surface area contributed by atoms with E-state index in [1.54, 1.807) is 23.7 Å². The average Bonchev–Trinajstić information content (AvgIpc) is 3.15. The fraction of sp³-hybridized carbons (Fsp3) is 0.174. The van der Waals surface area contributed by atoms with Crippen molar-refractivity contribution in [2.24, 2.45) is 14.1 Å². The van der Waals surface area contributed by atoms with Crippen molar-refractivity contribution in [2.45, 2.75) is 13.1 Å². The Bertz CT molecular complexity index is 1400. The second kappa shape index (κ2) is 8.28. The van der Waals surface area contributed by atoms with Crippen LogP contribution in [0, 0.1) is 0 Å². The van der Waals surface area contributed by atoms with Gasteiger partial charge in [-0.15, -0.1) is 0 Å². The van der Waals surface area contributed by atoms with E-state index in [0.717, 1.165) is 15.7 Å². The van der Waals surface area contributed by atoms with Crippen LogP contribution in [-0.4, -0.2) is 19.6 Å². The van der Waals surface area contributed by atoms with Gasteiger partial charge in [0.15, 0.2) is 0 Å². The Kier molecular flexibility index (Phi) is 5.52. The summed E-state index contributed by atoms with van der Waals surface area (Å²) in [7, 11) is 3.02. The van der Waals surface area contributed by atoms with Crippen LogP contribution in [0.2, 0.25) is 5.02 Å². The fourth-order valence-electron chi connectivity index (χ4n) is 3.66. The number of amides is 1. The molecule has 0 aliphatic rings. The van der Waals surface area contributed by atoms with Gasteiger partial charge in [0.2, 0.25) is 0 Å². The number of hydrogen-bond donors (Lipinski definition) is 1. The molecule has 0 saturated carbocycles. The lowest BCUT2D eigenvalue weighted by atomic mass is 10.2. The molecule has 0 aliphatic carbocycles. The number of halogens is 1. The van der Waals surface area contributed by atoms with Crippen molar-refractivity contribution >= 4 is 28.5 Å². The highest BCUT2D eigenvalue weighted by Gasteiger charge is 2.21. The van der Waals surface area contributed by atoms with Crippen molar-refractivity contribution in [3.63, 3.8) is 0 Å². The summed E-state index contributed by atoms with van der Waals surface area (Å²) in [5, 5.41) is 3.74. The van der Waals surface area contributed by atoms with E-state index in [0.29, 0.717) is 28.3 Å². The van der Waals surface area contributed by atoms with Crippen molar-refractivity contribution in [1.29, 1.82) is 0 Å². The van der Waals surface area contributed by atoms with E-state index in [1.165, 1.54) is 11.6 Å². The molecule has 2 aromatic carbocycles. The molecule has 0 unspecified atom stereocenters. The number of benzene rings is 2. The molecule has 4 aromatic rings. The lowest BCUT2D eigenvalue weighted by molar-refractivity contribution is 0.0942. The number of carbonyl (C=O) groups excluding carboxylic acids is 1. The molecule has 1 N–H and O–H groups in total. The summed E-state index contributed by atoms with van der Waals surface area (Å²) in [6.45, 7) is 0.571. The van der Waals surface area contributed by atoms with E-state index < -0.39 is 11.2 Å². The first-order valence-electron chi connectivity index (χ1n) is 9.73. The second-order valence-electron chi connectivity index (χ2n) is 7.32. The van der Waals surface area contributed by atoms with Gasteiger partial charge in [-0.05, 0) is 23.3 Å². The van der Waals surface area contributed by atoms with Crippen molar-refractivity contribution in [3.05, 3.63) is 103 Å². The Balaban J connectivity index is 1.82. The van der Waals surface area contributed by atoms with Gasteiger partial charge in [-0.2, -0.15) is 0 Å². The number of aromatic nitrogens is 3. The molecule has 0 aliphatic heterocycles. The van der Waals surface area contributed by atoms with Crippen LogP contribution < -0.4 is 16.6 Å². The Morgan fingerprint density at radius 1 is 0.968 bits per heavy atom. The third kappa shape index (κ3) is 3.80. The van der Waals surface area contributed by atoms with Crippen LogP contribution in [0.5, 0.6) is 0 Å². The molecule has 8 heteroatoms. The van der Waals surface area contributed by atoms with E-state index >= 15 is 0 Å². The third-order valence-corrected chi connectivity index (χ3v) is 5.68. The first kappa shape index (κ1) is 20.7. The molecule has 1 amide bonds. The average molecular weight is 437 g/mol. The highest BCUT2D eigenvalue weighted by molar-refractivity contribution is 6.31. The minimum atomic E-state index is -0.451. The Morgan fingerprint density at radius 2 is 1.65 bits per heavy atom. The molecule has 0 spiro atoms. The maximum atomic E-state index is 13.1. The Morgan fingerprint density at radius 3 is 2.35 bits per heavy atom. The summed E-state index contributed by atoms with van der Waals surface area (Å²) in [6.07, 6.45) is 0. The summed E-state index contributed by atoms with van der Waals surface area (Å²) >= 11 is 6.19. The normalized spacial score (nSPS) is 11.1. The highest BCUT2D eigenvalue weighted by atomic mass is 35.5. The van der Waals surface area contributed by atoms with Crippen LogP contribution in [-0.2, 0) is 27.2 Å². The maximum Gasteiger partial charge on any atom is 0.332 e. The number of fused-ring (bicyclic) bond motifs is 1. The lowest BCUT2D eigenvalue weighted by Gasteiger charge is -2.13. The van der Waals surface area contributed by atoms with Crippen molar-refractivity contribution in [1.82, 2.24) is 19.0 Å². The number of carbonyl (C=O) groups is 1. The first-order chi connectivity index (χ1) is 14.9. The molecule has 0 saturated heterocycles. The molecule has 0 bridgehead atoms. The van der Waals surface area contributed by atoms with Crippen molar-refractivity contribution < 1.29 is 4.79 Å². The van der Waals surface area contributed by atoms with E-state index in [2.05, 4.69) is 5.32 Å². The number of nitrogens with one attached hydrogen (secondary N) is 1. The molecule has 2 heterocycles. The highest BCUT2D eigenvalue weighted by Crippen LogP contribution is 2.19. The SMILES string of the molecule is Cn1c(=O)c2cc(C(=O)NCc3ccccc3Cl)n(Cc3ccccc3)c2n(C)c1=O. The molecular formula is C23H21ClN4O3. The number of hydrogen-bond acceptors (Lipinski definition) is 3. The fourth-order valence-corrected chi connectivity index (χ4v) is 3.87. The lowest BCUT2D eigenvalue weighted by Crippen LogP contribution is -2.37. The largest absolute Gasteiger partial charge is 0.347 e. The summed E-state index contributed by atoms with van der Waals surface area (Å²) in [5.41, 5.74) is 1.53. The van der Waals surface area contributed by atoms with Gasteiger partial charge in [-0.1, -0.05) is 60.1 Å². The molecule has 158 valence electrons. The minimum Gasteiger partial charge on any atom is -0.347 e. The molecule has 0 atom stereocenters. The van der Waals surface area contributed by atoms with E-state index in [-0.39, 0.29) is 12.5 Å². The quantitative estimate of drug-likeness (QED) is 0.522. The van der Waals surface area contributed by atoms with Crippen molar-refractivity contribution in [3.8, 4) is 0 Å². The third-order valence-electron chi connectivity index (χ3n) is 5.31. The van der Waals surface area contributed by atoms with E-state index in [9.17, 15) is 14.4 Å². The van der Waals surface area contributed by atoms with Gasteiger partial charge in [-0.25, -0.2) is 4.79 Å². The van der Waals surface area contributed by atoms with Gasteiger partial charge in [0.1, 0.15) is 11.3 Å². The van der Waals surface area contributed by atoms with Crippen LogP contribution in [0.4, 0.5) is 0 Å². The molecule has 4 rings (SSSR count). The molecule has 2 aromatic heterocycles. The van der Waals surface area contributed by atoms with E-state index in [4.69, 9.17) is 11.6 Å². The van der Waals surface area contributed by atoms with Gasteiger partial charge in [0.25, 0.3) is 11.5 Å². The maximum absolute atomic E-state index is 13.1. The number of rotatable bonds is 5. The zero-order valence-corrected chi connectivity index (χ0v) is 17.9. The molecule has 7 nitrogen and oxygen atoms in total. The summed E-state index contributed by atoms with van der Waals surface area (Å²) in [5.74, 6) is -0.360. The van der Waals surface area contributed by atoms with Crippen LogP contribution in [0.25, 0.3) is 11.0 Å². The zero-order valence-electron chi connectivity index (χ0n) is 17.1. The van der Waals surface area contributed by atoms with E-state index in [1.807, 2.05) is 48.5 Å². The summed E-state index contributed by atoms with van der Waals surface area (Å²) < 4.78 is 4.14. The number of aryl methyl sites for hydroxylation is 1. The smallest absolute Gasteiger partial charge is 0.332 e. The molecular weight excluding hydrogens is 416 g/mol. The molecule has 0 radical (unpaired) electrons. The van der Waals surface area contributed by atoms with Gasteiger partial charge in [0.05, 0.1) is 5.39 Å². The zero-order chi connectivity index (χ0) is 22.1. The molecule has 0 fully saturated rings. The van der Waals surface area contributed by atoms with Gasteiger partial charge < -0.3 is 9.88 Å². The minimum absolute atomic E-state index is 0.238. The van der Waals surface area contributed by atoms with Gasteiger partial charge >= 0.3 is 5.69 Å². The van der Waals surface area contributed by atoms with Crippen LogP contribution >= 0.6 is 11.6 Å². The topological polar surface area (TPSA) is 78.0 Å².